The molecular formula is C5H7NO3. The molecule has 0 saturated carbocycles. The predicted molar refractivity (Wildman–Crippen MR) is 31.7 cm³/mol. The van der Waals surface area contributed by atoms with E-state index in [1.54, 1.807) is 0 Å². The second kappa shape index (κ2) is 2.86. The van der Waals surface area contributed by atoms with Crippen LogP contribution in [0.4, 0.5) is 0 Å². The molecule has 0 atom stereocenters. The smallest absolute Gasteiger partial charge is 0.370 e. The van der Waals surface area contributed by atoms with Crippen LogP contribution in [0, 0.1) is 5.41 Å². The molecule has 0 saturated heterocycles. The van der Waals surface area contributed by atoms with Crippen LogP contribution in [-0.4, -0.2) is 21.9 Å². The van der Waals surface area contributed by atoms with E-state index >= 15 is 0 Å². The van der Waals surface area contributed by atoms with Crippen LogP contribution >= 0.6 is 0 Å². The van der Waals surface area contributed by atoms with Gasteiger partial charge in [0.1, 0.15) is 0 Å². The molecule has 4 heteroatoms. The van der Waals surface area contributed by atoms with Crippen LogP contribution < -0.4 is 0 Å². The fourth-order valence-electron chi connectivity index (χ4n) is 0.267. The van der Waals surface area contributed by atoms with Crippen molar-refractivity contribution in [2.24, 2.45) is 0 Å². The van der Waals surface area contributed by atoms with Gasteiger partial charge in [0.15, 0.2) is 0 Å². The number of aliphatic hydroxyl groups is 1. The lowest BCUT2D eigenvalue weighted by molar-refractivity contribution is -0.135. The van der Waals surface area contributed by atoms with Crippen LogP contribution in [0.5, 0.6) is 0 Å². The minimum absolute atomic E-state index is 0.00917. The number of carboxylic acids is 1. The highest BCUT2D eigenvalue weighted by atomic mass is 16.4. The van der Waals surface area contributed by atoms with E-state index in [9.17, 15) is 4.79 Å². The summed E-state index contributed by atoms with van der Waals surface area (Å²) in [6.45, 7) is 1.37. The zero-order valence-corrected chi connectivity index (χ0v) is 4.88. The maximum absolute atomic E-state index is 9.82. The largest absolute Gasteiger partial charge is 0.502 e. The number of hydrogen-bond donors (Lipinski definition) is 3. The second-order valence-electron chi connectivity index (χ2n) is 1.52. The molecule has 0 amide bonds. The molecule has 0 radical (unpaired) electrons. The normalized spacial score (nSPS) is 11.0. The Morgan fingerprint density at radius 2 is 2.00 bits per heavy atom. The Morgan fingerprint density at radius 1 is 1.56 bits per heavy atom. The topological polar surface area (TPSA) is 81.4 Å². The summed E-state index contributed by atoms with van der Waals surface area (Å²) in [7, 11) is 0. The molecule has 0 aliphatic heterocycles. The van der Waals surface area contributed by atoms with Crippen LogP contribution in [0.2, 0.25) is 0 Å². The summed E-state index contributed by atoms with van der Waals surface area (Å²) in [5.74, 6) is -2.22. The monoisotopic (exact) mass is 129 g/mol. The molecule has 0 heterocycles. The highest BCUT2D eigenvalue weighted by Crippen LogP contribution is 1.87. The lowest BCUT2D eigenvalue weighted by Crippen LogP contribution is -2.00. The molecule has 0 aromatic rings. The molecule has 0 bridgehead atoms. The Morgan fingerprint density at radius 3 is 2.11 bits per heavy atom. The van der Waals surface area contributed by atoms with E-state index < -0.39 is 11.7 Å². The zero-order valence-electron chi connectivity index (χ0n) is 4.88. The van der Waals surface area contributed by atoms with Gasteiger partial charge in [-0.15, -0.1) is 0 Å². The number of rotatable bonds is 2. The molecule has 0 aromatic heterocycles. The standard InChI is InChI=1S/C5H7NO3/c1-3(6)2-4(7)5(8)9/h2,6-7H,1H3,(H,8,9)/b4-2-,6-3?. The fraction of sp³-hybridized carbons (Fsp3) is 0.200. The summed E-state index contributed by atoms with van der Waals surface area (Å²) < 4.78 is 0. The Labute approximate surface area is 51.9 Å². The third-order valence-corrected chi connectivity index (χ3v) is 0.572. The second-order valence-corrected chi connectivity index (χ2v) is 1.52. The van der Waals surface area contributed by atoms with Gasteiger partial charge in [0.25, 0.3) is 0 Å². The highest BCUT2D eigenvalue weighted by Gasteiger charge is 2.01. The van der Waals surface area contributed by atoms with Gasteiger partial charge in [-0.2, -0.15) is 0 Å². The van der Waals surface area contributed by atoms with Gasteiger partial charge in [0.2, 0.25) is 5.76 Å². The zero-order chi connectivity index (χ0) is 7.44. The van der Waals surface area contributed by atoms with Gasteiger partial charge in [-0.3, -0.25) is 0 Å². The van der Waals surface area contributed by atoms with Crippen molar-refractivity contribution in [1.82, 2.24) is 0 Å². The Bertz CT molecular complexity index is 171. The van der Waals surface area contributed by atoms with Crippen molar-refractivity contribution < 1.29 is 15.0 Å². The van der Waals surface area contributed by atoms with Gasteiger partial charge in [-0.05, 0) is 6.92 Å². The number of allylic oxidation sites excluding steroid dienone is 1. The number of hydrogen-bond acceptors (Lipinski definition) is 3. The van der Waals surface area contributed by atoms with Crippen LogP contribution in [0.15, 0.2) is 11.8 Å². The molecule has 50 valence electrons. The molecule has 9 heavy (non-hydrogen) atoms. The van der Waals surface area contributed by atoms with Crippen LogP contribution in [0.3, 0.4) is 0 Å². The molecule has 0 fully saturated rings. The number of carboxylic acid groups (broad SMARTS) is 1. The average Bonchev–Trinajstić information content (AvgIpc) is 1.63. The number of aliphatic carboxylic acids is 1. The van der Waals surface area contributed by atoms with Crippen molar-refractivity contribution in [1.29, 1.82) is 5.41 Å². The summed E-state index contributed by atoms with van der Waals surface area (Å²) in [5.41, 5.74) is 0.00917. The molecular weight excluding hydrogens is 122 g/mol. The molecule has 0 aliphatic carbocycles. The van der Waals surface area contributed by atoms with E-state index in [-0.39, 0.29) is 5.71 Å². The molecule has 0 rings (SSSR count). The van der Waals surface area contributed by atoms with E-state index in [4.69, 9.17) is 15.6 Å². The van der Waals surface area contributed by atoms with Crippen LogP contribution in [0.1, 0.15) is 6.92 Å². The van der Waals surface area contributed by atoms with Gasteiger partial charge >= 0.3 is 5.97 Å². The summed E-state index contributed by atoms with van der Waals surface area (Å²) in [6, 6.07) is 0. The Balaban J connectivity index is 4.17. The third kappa shape index (κ3) is 3.28. The lowest BCUT2D eigenvalue weighted by atomic mass is 10.3. The Kier molecular flexibility index (Phi) is 2.44. The minimum Gasteiger partial charge on any atom is -0.502 e. The van der Waals surface area contributed by atoms with Crippen molar-refractivity contribution in [2.75, 3.05) is 0 Å². The van der Waals surface area contributed by atoms with E-state index in [1.807, 2.05) is 0 Å². The van der Waals surface area contributed by atoms with Crippen molar-refractivity contribution in [3.63, 3.8) is 0 Å². The van der Waals surface area contributed by atoms with E-state index in [0.717, 1.165) is 6.08 Å². The summed E-state index contributed by atoms with van der Waals surface area (Å²) >= 11 is 0. The van der Waals surface area contributed by atoms with Crippen molar-refractivity contribution in [3.8, 4) is 0 Å². The lowest BCUT2D eigenvalue weighted by Gasteiger charge is -1.88. The number of aliphatic hydroxyl groups excluding tert-OH is 1. The van der Waals surface area contributed by atoms with Gasteiger partial charge in [0, 0.05) is 11.8 Å². The maximum atomic E-state index is 9.82. The fourth-order valence-corrected chi connectivity index (χ4v) is 0.267. The summed E-state index contributed by atoms with van der Waals surface area (Å²) in [5, 5.41) is 23.2. The summed E-state index contributed by atoms with van der Waals surface area (Å²) in [6.07, 6.45) is 0.863. The first-order valence-corrected chi connectivity index (χ1v) is 2.23. The van der Waals surface area contributed by atoms with E-state index in [0.29, 0.717) is 0 Å². The first-order valence-electron chi connectivity index (χ1n) is 2.23. The molecule has 0 aliphatic rings. The van der Waals surface area contributed by atoms with Gasteiger partial charge in [-0.25, -0.2) is 4.79 Å². The van der Waals surface area contributed by atoms with E-state index in [2.05, 4.69) is 0 Å². The first-order chi connectivity index (χ1) is 4.04. The summed E-state index contributed by atoms with van der Waals surface area (Å²) in [4.78, 5) is 9.82. The van der Waals surface area contributed by atoms with Gasteiger partial charge < -0.3 is 15.6 Å². The average molecular weight is 129 g/mol. The van der Waals surface area contributed by atoms with Crippen molar-refractivity contribution in [2.45, 2.75) is 6.92 Å². The molecule has 0 spiro atoms. The molecule has 4 nitrogen and oxygen atoms in total. The van der Waals surface area contributed by atoms with Crippen LogP contribution in [-0.2, 0) is 4.79 Å². The van der Waals surface area contributed by atoms with Crippen LogP contribution in [0.25, 0.3) is 0 Å². The quantitative estimate of drug-likeness (QED) is 0.289. The van der Waals surface area contributed by atoms with Crippen molar-refractivity contribution >= 4 is 11.7 Å². The van der Waals surface area contributed by atoms with E-state index in [1.165, 1.54) is 6.92 Å². The maximum Gasteiger partial charge on any atom is 0.370 e. The Hall–Kier alpha value is -1.32. The number of nitrogens with one attached hydrogen (secondary N) is 1. The van der Waals surface area contributed by atoms with Gasteiger partial charge in [0.05, 0.1) is 0 Å². The molecule has 0 unspecified atom stereocenters. The first kappa shape index (κ1) is 7.68. The van der Waals surface area contributed by atoms with Crippen molar-refractivity contribution in [3.05, 3.63) is 11.8 Å². The molecule has 3 N–H and O–H groups in total. The minimum atomic E-state index is -1.42. The third-order valence-electron chi connectivity index (χ3n) is 0.572. The molecule has 0 aromatic carbocycles. The number of carbonyl (C=O) groups is 1. The van der Waals surface area contributed by atoms with Gasteiger partial charge in [-0.1, -0.05) is 0 Å². The SMILES string of the molecule is CC(=N)/C=C(\O)C(=O)O. The predicted octanol–water partition coefficient (Wildman–Crippen LogP) is 0.553. The highest BCUT2D eigenvalue weighted by molar-refractivity contribution is 5.97.